The molecule has 0 aromatic carbocycles. The number of aliphatic carboxylic acids is 2. The quantitative estimate of drug-likeness (QED) is 0.454. The number of amides is 1. The lowest BCUT2D eigenvalue weighted by atomic mass is 10.0. The first kappa shape index (κ1) is 16.4. The van der Waals surface area contributed by atoms with Crippen LogP contribution >= 0.6 is 0 Å². The largest absolute Gasteiger partial charge is 0.481 e. The van der Waals surface area contributed by atoms with Crippen molar-refractivity contribution in [2.24, 2.45) is 11.7 Å². The fraction of sp³-hybridized carbons (Fsp3) is 0.727. The van der Waals surface area contributed by atoms with Crippen LogP contribution < -0.4 is 11.1 Å². The Balaban J connectivity index is 4.22. The summed E-state index contributed by atoms with van der Waals surface area (Å²) in [5.74, 6) is -3.06. The molecule has 0 saturated carbocycles. The van der Waals surface area contributed by atoms with Gasteiger partial charge in [-0.1, -0.05) is 6.92 Å². The van der Waals surface area contributed by atoms with Crippen molar-refractivity contribution in [2.75, 3.05) is 6.54 Å². The average molecular weight is 260 g/mol. The van der Waals surface area contributed by atoms with Gasteiger partial charge >= 0.3 is 11.9 Å². The molecule has 0 bridgehead atoms. The van der Waals surface area contributed by atoms with Crippen LogP contribution in [0, 0.1) is 5.92 Å². The second kappa shape index (κ2) is 8.46. The van der Waals surface area contributed by atoms with Crippen molar-refractivity contribution in [3.8, 4) is 0 Å². The van der Waals surface area contributed by atoms with Crippen molar-refractivity contribution >= 4 is 17.8 Å². The van der Waals surface area contributed by atoms with Gasteiger partial charge in [0.1, 0.15) is 6.04 Å². The van der Waals surface area contributed by atoms with E-state index in [1.165, 1.54) is 0 Å². The summed E-state index contributed by atoms with van der Waals surface area (Å²) in [7, 11) is 0. The minimum atomic E-state index is -1.11. The zero-order chi connectivity index (χ0) is 14.1. The van der Waals surface area contributed by atoms with Gasteiger partial charge in [-0.05, 0) is 25.8 Å². The molecule has 0 fully saturated rings. The van der Waals surface area contributed by atoms with E-state index in [-0.39, 0.29) is 19.3 Å². The number of carboxylic acids is 2. The van der Waals surface area contributed by atoms with E-state index < -0.39 is 29.8 Å². The first-order valence-corrected chi connectivity index (χ1v) is 5.83. The highest BCUT2D eigenvalue weighted by Gasteiger charge is 2.22. The summed E-state index contributed by atoms with van der Waals surface area (Å²) in [4.78, 5) is 32.9. The predicted octanol–water partition coefficient (Wildman–Crippen LogP) is -0.204. The number of hydrogen-bond donors (Lipinski definition) is 4. The Morgan fingerprint density at radius 2 is 1.83 bits per heavy atom. The van der Waals surface area contributed by atoms with Gasteiger partial charge in [0.2, 0.25) is 5.91 Å². The minimum Gasteiger partial charge on any atom is -0.481 e. The molecule has 0 aliphatic heterocycles. The monoisotopic (exact) mass is 260 g/mol. The molecule has 0 aromatic rings. The second-order valence-corrected chi connectivity index (χ2v) is 4.16. The molecule has 0 aliphatic rings. The second-order valence-electron chi connectivity index (χ2n) is 4.16. The van der Waals surface area contributed by atoms with E-state index >= 15 is 0 Å². The Kier molecular flexibility index (Phi) is 7.69. The molecule has 0 radical (unpaired) electrons. The van der Waals surface area contributed by atoms with Crippen LogP contribution in [0.5, 0.6) is 0 Å². The van der Waals surface area contributed by atoms with Crippen molar-refractivity contribution in [2.45, 2.75) is 38.6 Å². The van der Waals surface area contributed by atoms with Crippen molar-refractivity contribution in [3.05, 3.63) is 0 Å². The molecule has 5 N–H and O–H groups in total. The van der Waals surface area contributed by atoms with Gasteiger partial charge in [0.25, 0.3) is 0 Å². The van der Waals surface area contributed by atoms with Crippen LogP contribution in [-0.4, -0.2) is 40.6 Å². The fourth-order valence-electron chi connectivity index (χ4n) is 1.36. The lowest BCUT2D eigenvalue weighted by molar-refractivity contribution is -0.143. The highest BCUT2D eigenvalue weighted by molar-refractivity contribution is 5.85. The lowest BCUT2D eigenvalue weighted by Crippen LogP contribution is -2.43. The summed E-state index contributed by atoms with van der Waals surface area (Å²) in [6.07, 6.45) is 0.837. The SMILES string of the molecule is C[C@H](CCC(=O)O)C(=O)N[C@H](CCCN)C(=O)O. The van der Waals surface area contributed by atoms with Gasteiger partial charge < -0.3 is 21.3 Å². The smallest absolute Gasteiger partial charge is 0.326 e. The zero-order valence-electron chi connectivity index (χ0n) is 10.4. The third kappa shape index (κ3) is 6.85. The summed E-state index contributed by atoms with van der Waals surface area (Å²) < 4.78 is 0. The van der Waals surface area contributed by atoms with Crippen LogP contribution in [0.3, 0.4) is 0 Å². The van der Waals surface area contributed by atoms with Crippen LogP contribution in [0.25, 0.3) is 0 Å². The summed E-state index contributed by atoms with van der Waals surface area (Å²) >= 11 is 0. The van der Waals surface area contributed by atoms with Gasteiger partial charge in [0.05, 0.1) is 0 Å². The van der Waals surface area contributed by atoms with E-state index in [1.54, 1.807) is 6.92 Å². The molecule has 104 valence electrons. The Hall–Kier alpha value is -1.63. The molecule has 1 amide bonds. The number of rotatable bonds is 9. The first-order chi connectivity index (χ1) is 8.38. The average Bonchev–Trinajstić information content (AvgIpc) is 2.30. The van der Waals surface area contributed by atoms with Crippen LogP contribution in [0.4, 0.5) is 0 Å². The Bertz CT molecular complexity index is 306. The predicted molar refractivity (Wildman–Crippen MR) is 63.9 cm³/mol. The molecule has 2 atom stereocenters. The van der Waals surface area contributed by atoms with Gasteiger partial charge in [0.15, 0.2) is 0 Å². The molecule has 0 rings (SSSR count). The van der Waals surface area contributed by atoms with Crippen LogP contribution in [0.15, 0.2) is 0 Å². The third-order valence-electron chi connectivity index (χ3n) is 2.55. The Morgan fingerprint density at radius 3 is 2.28 bits per heavy atom. The van der Waals surface area contributed by atoms with E-state index in [9.17, 15) is 14.4 Å². The van der Waals surface area contributed by atoms with Crippen molar-refractivity contribution in [3.63, 3.8) is 0 Å². The van der Waals surface area contributed by atoms with E-state index in [1.807, 2.05) is 0 Å². The highest BCUT2D eigenvalue weighted by atomic mass is 16.4. The maximum absolute atomic E-state index is 11.6. The van der Waals surface area contributed by atoms with Crippen LogP contribution in [-0.2, 0) is 14.4 Å². The molecule has 0 spiro atoms. The van der Waals surface area contributed by atoms with Crippen molar-refractivity contribution in [1.82, 2.24) is 5.32 Å². The lowest BCUT2D eigenvalue weighted by Gasteiger charge is -2.17. The van der Waals surface area contributed by atoms with Gasteiger partial charge in [-0.2, -0.15) is 0 Å². The zero-order valence-corrected chi connectivity index (χ0v) is 10.4. The number of nitrogens with two attached hydrogens (primary N) is 1. The number of carboxylic acid groups (broad SMARTS) is 2. The maximum atomic E-state index is 11.6. The number of hydrogen-bond acceptors (Lipinski definition) is 4. The van der Waals surface area contributed by atoms with E-state index in [0.29, 0.717) is 13.0 Å². The van der Waals surface area contributed by atoms with E-state index in [0.717, 1.165) is 0 Å². The molecule has 0 aromatic heterocycles. The van der Waals surface area contributed by atoms with Crippen molar-refractivity contribution < 1.29 is 24.6 Å². The molecule has 7 heteroatoms. The molecule has 18 heavy (non-hydrogen) atoms. The number of carbonyl (C=O) groups is 3. The van der Waals surface area contributed by atoms with Gasteiger partial charge in [0, 0.05) is 12.3 Å². The first-order valence-electron chi connectivity index (χ1n) is 5.83. The molecule has 7 nitrogen and oxygen atoms in total. The van der Waals surface area contributed by atoms with Gasteiger partial charge in [-0.15, -0.1) is 0 Å². The van der Waals surface area contributed by atoms with Gasteiger partial charge in [-0.3, -0.25) is 9.59 Å². The normalized spacial score (nSPS) is 13.7. The summed E-state index contributed by atoms with van der Waals surface area (Å²) in [5, 5.41) is 19.8. The number of carbonyl (C=O) groups excluding carboxylic acids is 1. The van der Waals surface area contributed by atoms with Crippen LogP contribution in [0.1, 0.15) is 32.6 Å². The summed E-state index contributed by atoms with van der Waals surface area (Å²) in [6, 6.07) is -0.965. The summed E-state index contributed by atoms with van der Waals surface area (Å²) in [6.45, 7) is 1.92. The standard InChI is InChI=1S/C11H20N2O5/c1-7(4-5-9(14)15)10(16)13-8(11(17)18)3-2-6-12/h7-8H,2-6,12H2,1H3,(H,13,16)(H,14,15)(H,17,18)/t7-,8-/m1/s1. The van der Waals surface area contributed by atoms with E-state index in [4.69, 9.17) is 15.9 Å². The maximum Gasteiger partial charge on any atom is 0.326 e. The molecule has 0 unspecified atom stereocenters. The molecule has 0 heterocycles. The van der Waals surface area contributed by atoms with Crippen LogP contribution in [0.2, 0.25) is 0 Å². The summed E-state index contributed by atoms with van der Waals surface area (Å²) in [5.41, 5.74) is 5.28. The topological polar surface area (TPSA) is 130 Å². The minimum absolute atomic E-state index is 0.116. The Morgan fingerprint density at radius 1 is 1.22 bits per heavy atom. The van der Waals surface area contributed by atoms with Crippen molar-refractivity contribution in [1.29, 1.82) is 0 Å². The molecular weight excluding hydrogens is 240 g/mol. The number of nitrogens with one attached hydrogen (secondary N) is 1. The molecule has 0 saturated heterocycles. The van der Waals surface area contributed by atoms with Gasteiger partial charge in [-0.25, -0.2) is 4.79 Å². The fourth-order valence-corrected chi connectivity index (χ4v) is 1.36. The molecular formula is C11H20N2O5. The molecule has 0 aliphatic carbocycles. The highest BCUT2D eigenvalue weighted by Crippen LogP contribution is 2.07. The van der Waals surface area contributed by atoms with E-state index in [2.05, 4.69) is 5.32 Å². The Labute approximate surface area is 105 Å². The third-order valence-corrected chi connectivity index (χ3v) is 2.55.